The van der Waals surface area contributed by atoms with Crippen LogP contribution >= 0.6 is 0 Å². The highest BCUT2D eigenvalue weighted by atomic mass is 16.5. The molecule has 1 fully saturated rings. The minimum Gasteiger partial charge on any atom is -0.467 e. The third-order valence-corrected chi connectivity index (χ3v) is 5.88. The smallest absolute Gasteiger partial charge is 0.316 e. The van der Waals surface area contributed by atoms with Crippen LogP contribution in [0.4, 0.5) is 11.4 Å². The van der Waals surface area contributed by atoms with E-state index in [1.807, 2.05) is 43.5 Å². The maximum atomic E-state index is 10.4. The summed E-state index contributed by atoms with van der Waals surface area (Å²) in [7, 11) is 1.60. The van der Waals surface area contributed by atoms with Crippen LogP contribution in [0.15, 0.2) is 48.7 Å². The second-order valence-electron chi connectivity index (χ2n) is 8.41. The summed E-state index contributed by atoms with van der Waals surface area (Å²) < 4.78 is 5.13. The molecule has 0 radical (unpaired) electrons. The molecule has 2 aromatic heterocycles. The van der Waals surface area contributed by atoms with Gasteiger partial charge in [0.2, 0.25) is 6.41 Å². The number of carbonyl (C=O) groups excluding carboxylic acids is 1. The molecule has 8 heteroatoms. The Balaban J connectivity index is 0.000000172. The Kier molecular flexibility index (Phi) is 7.18. The molecule has 8 nitrogen and oxygen atoms in total. The van der Waals surface area contributed by atoms with Crippen molar-refractivity contribution >= 4 is 39.6 Å². The lowest BCUT2D eigenvalue weighted by Gasteiger charge is -2.34. The predicted octanol–water partition coefficient (Wildman–Crippen LogP) is 3.86. The number of methoxy groups -OCH3 is 1. The molecular formula is C26H30N6O2. The Labute approximate surface area is 199 Å². The SMILES string of the molecule is COc1ncc2c(N3CCNC(C)C3)ccc(C)c2n1.Cc1ccc2c(NC=O)cccc2n1. The molecule has 3 heterocycles. The fraction of sp³-hybridized carbons (Fsp3) is 0.308. The van der Waals surface area contributed by atoms with Crippen molar-refractivity contribution in [2.75, 3.05) is 37.0 Å². The van der Waals surface area contributed by atoms with Crippen LogP contribution in [0, 0.1) is 13.8 Å². The van der Waals surface area contributed by atoms with E-state index in [1.54, 1.807) is 7.11 Å². The monoisotopic (exact) mass is 458 g/mol. The number of fused-ring (bicyclic) bond motifs is 2. The summed E-state index contributed by atoms with van der Waals surface area (Å²) in [6.07, 6.45) is 2.55. The van der Waals surface area contributed by atoms with Gasteiger partial charge in [0.05, 0.1) is 18.1 Å². The molecule has 1 aliphatic rings. The highest BCUT2D eigenvalue weighted by Gasteiger charge is 2.19. The average Bonchev–Trinajstić information content (AvgIpc) is 2.85. The van der Waals surface area contributed by atoms with Crippen molar-refractivity contribution in [2.45, 2.75) is 26.8 Å². The van der Waals surface area contributed by atoms with Gasteiger partial charge in [0.1, 0.15) is 0 Å². The molecule has 0 saturated carbocycles. The van der Waals surface area contributed by atoms with Crippen molar-refractivity contribution in [3.8, 4) is 6.01 Å². The van der Waals surface area contributed by atoms with Gasteiger partial charge in [-0.3, -0.25) is 9.78 Å². The number of carbonyl (C=O) groups is 1. The van der Waals surface area contributed by atoms with E-state index in [-0.39, 0.29) is 0 Å². The van der Waals surface area contributed by atoms with Crippen molar-refractivity contribution in [3.05, 3.63) is 59.9 Å². The fourth-order valence-corrected chi connectivity index (χ4v) is 4.20. The van der Waals surface area contributed by atoms with Crippen molar-refractivity contribution in [3.63, 3.8) is 0 Å². The quantitative estimate of drug-likeness (QED) is 0.449. The zero-order chi connectivity index (χ0) is 24.1. The van der Waals surface area contributed by atoms with Gasteiger partial charge in [-0.05, 0) is 56.7 Å². The molecule has 34 heavy (non-hydrogen) atoms. The first-order valence-electron chi connectivity index (χ1n) is 11.4. The number of aromatic nitrogens is 3. The molecule has 1 unspecified atom stereocenters. The average molecular weight is 459 g/mol. The molecule has 176 valence electrons. The van der Waals surface area contributed by atoms with Crippen LogP contribution < -0.4 is 20.3 Å². The lowest BCUT2D eigenvalue weighted by molar-refractivity contribution is -0.105. The number of amides is 1. The van der Waals surface area contributed by atoms with Gasteiger partial charge >= 0.3 is 6.01 Å². The van der Waals surface area contributed by atoms with Crippen molar-refractivity contribution in [1.82, 2.24) is 20.3 Å². The normalized spacial score (nSPS) is 15.5. The lowest BCUT2D eigenvalue weighted by atomic mass is 10.1. The maximum Gasteiger partial charge on any atom is 0.316 e. The molecule has 0 aliphatic carbocycles. The molecule has 0 spiro atoms. The predicted molar refractivity (Wildman–Crippen MR) is 137 cm³/mol. The molecule has 4 aromatic rings. The van der Waals surface area contributed by atoms with Crippen molar-refractivity contribution < 1.29 is 9.53 Å². The first kappa shape index (κ1) is 23.4. The topological polar surface area (TPSA) is 92.3 Å². The van der Waals surface area contributed by atoms with E-state index in [1.165, 1.54) is 5.69 Å². The number of hydrogen-bond donors (Lipinski definition) is 2. The van der Waals surface area contributed by atoms with E-state index >= 15 is 0 Å². The standard InChI is InChI=1S/C15H20N4O.C11H10N2O/c1-10-4-5-13(19-7-6-16-11(2)9-19)12-8-17-15(20-3)18-14(10)12;1-8-5-6-9-10(12-7-14)3-2-4-11(9)13-8/h4-5,8,11,16H,6-7,9H2,1-3H3;2-7H,1H3,(H,12,14). The van der Waals surface area contributed by atoms with Crippen LogP contribution in [0.1, 0.15) is 18.2 Å². The number of anilines is 2. The zero-order valence-corrected chi connectivity index (χ0v) is 20.0. The Hall–Kier alpha value is -3.78. The van der Waals surface area contributed by atoms with Crippen LogP contribution in [0.25, 0.3) is 21.8 Å². The number of pyridine rings is 1. The van der Waals surface area contributed by atoms with Gasteiger partial charge in [-0.15, -0.1) is 0 Å². The summed E-state index contributed by atoms with van der Waals surface area (Å²) in [5, 5.41) is 8.18. The first-order valence-corrected chi connectivity index (χ1v) is 11.4. The van der Waals surface area contributed by atoms with Gasteiger partial charge < -0.3 is 20.3 Å². The van der Waals surface area contributed by atoms with Gasteiger partial charge in [0.15, 0.2) is 0 Å². The second kappa shape index (κ2) is 10.4. The second-order valence-corrected chi connectivity index (χ2v) is 8.41. The van der Waals surface area contributed by atoms with Gasteiger partial charge in [-0.2, -0.15) is 4.98 Å². The summed E-state index contributed by atoms with van der Waals surface area (Å²) in [4.78, 5) is 25.9. The number of nitrogens with zero attached hydrogens (tertiary/aromatic N) is 4. The van der Waals surface area contributed by atoms with Crippen LogP contribution in [-0.2, 0) is 4.79 Å². The van der Waals surface area contributed by atoms with Crippen LogP contribution in [-0.4, -0.2) is 54.1 Å². The number of aryl methyl sites for hydroxylation is 2. The molecule has 1 atom stereocenters. The maximum absolute atomic E-state index is 10.4. The van der Waals surface area contributed by atoms with E-state index in [4.69, 9.17) is 4.74 Å². The number of hydrogen-bond acceptors (Lipinski definition) is 7. The van der Waals surface area contributed by atoms with Gasteiger partial charge in [0, 0.05) is 59.7 Å². The van der Waals surface area contributed by atoms with E-state index < -0.39 is 0 Å². The third kappa shape index (κ3) is 5.07. The zero-order valence-electron chi connectivity index (χ0n) is 20.0. The third-order valence-electron chi connectivity index (χ3n) is 5.88. The number of nitrogens with one attached hydrogen (secondary N) is 2. The van der Waals surface area contributed by atoms with Gasteiger partial charge in [-0.1, -0.05) is 12.1 Å². The Morgan fingerprint density at radius 3 is 2.74 bits per heavy atom. The number of ether oxygens (including phenoxy) is 1. The Bertz CT molecular complexity index is 1310. The Morgan fingerprint density at radius 1 is 1.12 bits per heavy atom. The Morgan fingerprint density at radius 2 is 1.97 bits per heavy atom. The molecule has 1 aliphatic heterocycles. The van der Waals surface area contributed by atoms with Crippen molar-refractivity contribution in [2.24, 2.45) is 0 Å². The molecule has 1 saturated heterocycles. The summed E-state index contributed by atoms with van der Waals surface area (Å²) >= 11 is 0. The van der Waals surface area contributed by atoms with Crippen LogP contribution in [0.5, 0.6) is 6.01 Å². The van der Waals surface area contributed by atoms with E-state index in [0.717, 1.165) is 58.4 Å². The largest absolute Gasteiger partial charge is 0.467 e. The number of benzene rings is 2. The van der Waals surface area contributed by atoms with Crippen molar-refractivity contribution in [1.29, 1.82) is 0 Å². The summed E-state index contributed by atoms with van der Waals surface area (Å²) in [6, 6.07) is 14.8. The number of rotatable bonds is 4. The number of piperazine rings is 1. The van der Waals surface area contributed by atoms with Gasteiger partial charge in [0.25, 0.3) is 0 Å². The van der Waals surface area contributed by atoms with E-state index in [0.29, 0.717) is 18.5 Å². The van der Waals surface area contributed by atoms with Gasteiger partial charge in [-0.25, -0.2) is 4.98 Å². The molecule has 1 amide bonds. The van der Waals surface area contributed by atoms with Crippen LogP contribution in [0.3, 0.4) is 0 Å². The van der Waals surface area contributed by atoms with Crippen LogP contribution in [0.2, 0.25) is 0 Å². The first-order chi connectivity index (χ1) is 16.5. The minimum absolute atomic E-state index is 0.423. The van der Waals surface area contributed by atoms with E-state index in [9.17, 15) is 4.79 Å². The lowest BCUT2D eigenvalue weighted by Crippen LogP contribution is -2.49. The molecule has 2 N–H and O–H groups in total. The van der Waals surface area contributed by atoms with E-state index in [2.05, 4.69) is 56.5 Å². The highest BCUT2D eigenvalue weighted by molar-refractivity contribution is 5.95. The minimum atomic E-state index is 0.423. The molecule has 5 rings (SSSR count). The molecular weight excluding hydrogens is 428 g/mol. The molecule has 0 bridgehead atoms. The summed E-state index contributed by atoms with van der Waals surface area (Å²) in [5.74, 6) is 0. The fourth-order valence-electron chi connectivity index (χ4n) is 4.20. The summed E-state index contributed by atoms with van der Waals surface area (Å²) in [6.45, 7) is 9.24. The molecule has 2 aromatic carbocycles. The highest BCUT2D eigenvalue weighted by Crippen LogP contribution is 2.29. The summed E-state index contributed by atoms with van der Waals surface area (Å²) in [5.41, 5.74) is 6.00.